The highest BCUT2D eigenvalue weighted by Gasteiger charge is 2.11. The van der Waals surface area contributed by atoms with Crippen LogP contribution >= 0.6 is 11.8 Å². The standard InChI is InChI=1S/C12H15F3N2O2S2/c1-21(19)5-4-16-12(18)17-9-6-8(13)2-3-10(9)20-7-11(14)15/h2-3,6,11H,4-5,7H2,1H3,(H2,16,17,18)/t21-/m0/s1. The van der Waals surface area contributed by atoms with Gasteiger partial charge in [0.2, 0.25) is 6.43 Å². The van der Waals surface area contributed by atoms with E-state index < -0.39 is 34.8 Å². The Morgan fingerprint density at radius 3 is 2.76 bits per heavy atom. The average molecular weight is 340 g/mol. The Hall–Kier alpha value is -1.22. The number of benzene rings is 1. The molecule has 0 heterocycles. The fraction of sp³-hybridized carbons (Fsp3) is 0.417. The normalized spacial score (nSPS) is 12.2. The van der Waals surface area contributed by atoms with Crippen molar-refractivity contribution >= 4 is 34.3 Å². The molecule has 1 aromatic carbocycles. The smallest absolute Gasteiger partial charge is 0.319 e. The van der Waals surface area contributed by atoms with E-state index in [1.807, 2.05) is 0 Å². The van der Waals surface area contributed by atoms with Gasteiger partial charge in [-0.15, -0.1) is 11.8 Å². The van der Waals surface area contributed by atoms with Crippen LogP contribution in [0.5, 0.6) is 0 Å². The Balaban J connectivity index is 2.65. The molecule has 4 nitrogen and oxygen atoms in total. The molecule has 0 aromatic heterocycles. The van der Waals surface area contributed by atoms with Crippen molar-refractivity contribution in [2.75, 3.05) is 29.6 Å². The van der Waals surface area contributed by atoms with Crippen molar-refractivity contribution in [2.45, 2.75) is 11.3 Å². The van der Waals surface area contributed by atoms with Crippen LogP contribution in [0.3, 0.4) is 0 Å². The molecule has 1 aromatic rings. The molecule has 118 valence electrons. The molecule has 0 radical (unpaired) electrons. The number of carbonyl (C=O) groups is 1. The Bertz CT molecular complexity index is 515. The summed E-state index contributed by atoms with van der Waals surface area (Å²) in [6.07, 6.45) is -0.994. The van der Waals surface area contributed by atoms with Crippen LogP contribution in [0.2, 0.25) is 0 Å². The van der Waals surface area contributed by atoms with Crippen molar-refractivity contribution < 1.29 is 22.2 Å². The maximum absolute atomic E-state index is 13.2. The minimum absolute atomic E-state index is 0.121. The molecule has 1 rings (SSSR count). The molecule has 2 N–H and O–H groups in total. The van der Waals surface area contributed by atoms with E-state index in [0.717, 1.165) is 23.9 Å². The molecule has 2 amide bonds. The number of rotatable bonds is 7. The topological polar surface area (TPSA) is 58.2 Å². The summed E-state index contributed by atoms with van der Waals surface area (Å²) in [7, 11) is -1.03. The van der Waals surface area contributed by atoms with Gasteiger partial charge in [0.15, 0.2) is 0 Å². The first-order chi connectivity index (χ1) is 9.88. The van der Waals surface area contributed by atoms with Gasteiger partial charge in [0.25, 0.3) is 0 Å². The van der Waals surface area contributed by atoms with Crippen molar-refractivity contribution in [3.63, 3.8) is 0 Å². The van der Waals surface area contributed by atoms with Gasteiger partial charge >= 0.3 is 6.03 Å². The van der Waals surface area contributed by atoms with Crippen LogP contribution in [0.15, 0.2) is 23.1 Å². The van der Waals surface area contributed by atoms with E-state index >= 15 is 0 Å². The molecular formula is C12H15F3N2O2S2. The van der Waals surface area contributed by atoms with Crippen LogP contribution in [0.4, 0.5) is 23.7 Å². The second kappa shape index (κ2) is 8.93. The predicted octanol–water partition coefficient (Wildman–Crippen LogP) is 2.68. The second-order valence-corrected chi connectivity index (χ2v) is 6.62. The zero-order valence-electron chi connectivity index (χ0n) is 11.2. The maximum atomic E-state index is 13.2. The highest BCUT2D eigenvalue weighted by molar-refractivity contribution is 7.99. The molecule has 0 aliphatic carbocycles. The van der Waals surface area contributed by atoms with Gasteiger partial charge in [0, 0.05) is 34.2 Å². The van der Waals surface area contributed by atoms with Crippen LogP contribution in [0, 0.1) is 5.82 Å². The number of hydrogen-bond acceptors (Lipinski definition) is 3. The Kier molecular flexibility index (Phi) is 7.58. The van der Waals surface area contributed by atoms with Gasteiger partial charge in [0.05, 0.1) is 11.4 Å². The fourth-order valence-corrected chi connectivity index (χ4v) is 2.48. The number of alkyl halides is 2. The largest absolute Gasteiger partial charge is 0.337 e. The quantitative estimate of drug-likeness (QED) is 0.751. The summed E-state index contributed by atoms with van der Waals surface area (Å²) < 4.78 is 48.5. The van der Waals surface area contributed by atoms with Crippen LogP contribution < -0.4 is 10.6 Å². The molecule has 0 saturated carbocycles. The summed E-state index contributed by atoms with van der Waals surface area (Å²) in [6, 6.07) is 2.92. The van der Waals surface area contributed by atoms with Crippen molar-refractivity contribution in [1.29, 1.82) is 0 Å². The average Bonchev–Trinajstić information content (AvgIpc) is 2.37. The molecule has 1 atom stereocenters. The van der Waals surface area contributed by atoms with Crippen LogP contribution in [0.1, 0.15) is 0 Å². The third-order valence-electron chi connectivity index (χ3n) is 2.23. The zero-order chi connectivity index (χ0) is 15.8. The van der Waals surface area contributed by atoms with Gasteiger partial charge in [-0.3, -0.25) is 4.21 Å². The molecule has 0 saturated heterocycles. The lowest BCUT2D eigenvalue weighted by Gasteiger charge is -2.11. The van der Waals surface area contributed by atoms with E-state index in [2.05, 4.69) is 10.6 Å². The SMILES string of the molecule is C[S@](=O)CCNC(=O)Nc1cc(F)ccc1SCC(F)F. The lowest BCUT2D eigenvalue weighted by atomic mass is 10.3. The number of urea groups is 1. The predicted molar refractivity (Wildman–Crippen MR) is 79.1 cm³/mol. The van der Waals surface area contributed by atoms with Crippen molar-refractivity contribution in [3.05, 3.63) is 24.0 Å². The second-order valence-electron chi connectivity index (χ2n) is 4.00. The molecule has 0 unspecified atom stereocenters. The van der Waals surface area contributed by atoms with E-state index in [1.54, 1.807) is 0 Å². The molecule has 0 bridgehead atoms. The molecule has 0 spiro atoms. The fourth-order valence-electron chi connectivity index (χ4n) is 1.35. The third kappa shape index (κ3) is 7.37. The van der Waals surface area contributed by atoms with Gasteiger partial charge in [-0.1, -0.05) is 0 Å². The van der Waals surface area contributed by atoms with Crippen LogP contribution in [-0.4, -0.2) is 41.0 Å². The Morgan fingerprint density at radius 1 is 1.43 bits per heavy atom. The molecular weight excluding hydrogens is 325 g/mol. The highest BCUT2D eigenvalue weighted by atomic mass is 32.2. The molecule has 21 heavy (non-hydrogen) atoms. The number of halogens is 3. The number of thioether (sulfide) groups is 1. The first-order valence-electron chi connectivity index (χ1n) is 5.94. The van der Waals surface area contributed by atoms with E-state index in [9.17, 15) is 22.2 Å². The first kappa shape index (κ1) is 17.8. The summed E-state index contributed by atoms with van der Waals surface area (Å²) >= 11 is 0.827. The van der Waals surface area contributed by atoms with Gasteiger partial charge < -0.3 is 10.6 Å². The summed E-state index contributed by atoms with van der Waals surface area (Å²) in [5, 5.41) is 4.85. The maximum Gasteiger partial charge on any atom is 0.319 e. The number of carbonyl (C=O) groups excluding carboxylic acids is 1. The minimum Gasteiger partial charge on any atom is -0.337 e. The minimum atomic E-state index is -2.50. The monoisotopic (exact) mass is 340 g/mol. The van der Waals surface area contributed by atoms with Crippen molar-refractivity contribution in [1.82, 2.24) is 5.32 Å². The molecule has 0 fully saturated rings. The summed E-state index contributed by atoms with van der Waals surface area (Å²) in [4.78, 5) is 11.9. The van der Waals surface area contributed by atoms with E-state index in [0.29, 0.717) is 10.6 Å². The van der Waals surface area contributed by atoms with E-state index in [1.165, 1.54) is 12.3 Å². The van der Waals surface area contributed by atoms with Crippen LogP contribution in [0.25, 0.3) is 0 Å². The summed E-state index contributed by atoms with van der Waals surface area (Å²) in [5.74, 6) is -0.735. The Labute approximate surface area is 127 Å². The van der Waals surface area contributed by atoms with Gasteiger partial charge in [-0.2, -0.15) is 0 Å². The summed E-state index contributed by atoms with van der Waals surface area (Å²) in [5.41, 5.74) is 0.121. The zero-order valence-corrected chi connectivity index (χ0v) is 12.8. The number of hydrogen-bond donors (Lipinski definition) is 2. The van der Waals surface area contributed by atoms with Gasteiger partial charge in [-0.25, -0.2) is 18.0 Å². The van der Waals surface area contributed by atoms with Crippen molar-refractivity contribution in [2.24, 2.45) is 0 Å². The highest BCUT2D eigenvalue weighted by Crippen LogP contribution is 2.29. The van der Waals surface area contributed by atoms with Crippen molar-refractivity contribution in [3.8, 4) is 0 Å². The van der Waals surface area contributed by atoms with Gasteiger partial charge in [-0.05, 0) is 18.2 Å². The number of amides is 2. The lowest BCUT2D eigenvalue weighted by Crippen LogP contribution is -2.32. The number of anilines is 1. The lowest BCUT2D eigenvalue weighted by molar-refractivity contribution is 0.177. The van der Waals surface area contributed by atoms with E-state index in [4.69, 9.17) is 0 Å². The molecule has 9 heteroatoms. The third-order valence-corrected chi connectivity index (χ3v) is 4.09. The van der Waals surface area contributed by atoms with Gasteiger partial charge in [0.1, 0.15) is 5.82 Å². The molecule has 0 aliphatic rings. The van der Waals surface area contributed by atoms with Crippen LogP contribution in [-0.2, 0) is 10.8 Å². The Morgan fingerprint density at radius 2 is 2.14 bits per heavy atom. The van der Waals surface area contributed by atoms with E-state index in [-0.39, 0.29) is 12.2 Å². The summed E-state index contributed by atoms with van der Waals surface area (Å²) in [6.45, 7) is 0.198. The molecule has 0 aliphatic heterocycles. The first-order valence-corrected chi connectivity index (χ1v) is 8.65. The number of nitrogens with one attached hydrogen (secondary N) is 2.